The molecule has 12 heteroatoms. The highest BCUT2D eigenvalue weighted by atomic mass is 19.1. The maximum Gasteiger partial charge on any atom is 0.251 e. The molecule has 0 saturated heterocycles. The van der Waals surface area contributed by atoms with Crippen LogP contribution in [0.3, 0.4) is 0 Å². The summed E-state index contributed by atoms with van der Waals surface area (Å²) in [6.45, 7) is 4.85. The molecule has 1 aromatic heterocycles. The summed E-state index contributed by atoms with van der Waals surface area (Å²) in [4.78, 5) is 40.4. The van der Waals surface area contributed by atoms with Crippen LogP contribution < -0.4 is 21.7 Å². The summed E-state index contributed by atoms with van der Waals surface area (Å²) in [5.74, 6) is -0.213. The van der Waals surface area contributed by atoms with Crippen LogP contribution in [0.25, 0.3) is 22.5 Å². The van der Waals surface area contributed by atoms with Crippen LogP contribution in [0, 0.1) is 30.5 Å². The highest BCUT2D eigenvalue weighted by Gasteiger charge is 2.30. The fourth-order valence-corrected chi connectivity index (χ4v) is 7.35. The van der Waals surface area contributed by atoms with E-state index in [9.17, 15) is 18.8 Å². The number of nitrogens with zero attached hydrogens (tertiary/aromatic N) is 3. The smallest absolute Gasteiger partial charge is 0.251 e. The third kappa shape index (κ3) is 9.04. The number of carbonyl (C=O) groups excluding carboxylic acids is 3. The van der Waals surface area contributed by atoms with Gasteiger partial charge in [0.15, 0.2) is 5.82 Å². The second-order valence-corrected chi connectivity index (χ2v) is 14.3. The van der Waals surface area contributed by atoms with Crippen LogP contribution in [0.4, 0.5) is 10.1 Å². The number of nitrogens with one attached hydrogen (secondary N) is 4. The lowest BCUT2D eigenvalue weighted by atomic mass is 9.81. The van der Waals surface area contributed by atoms with Crippen LogP contribution in [-0.4, -0.2) is 57.0 Å². The summed E-state index contributed by atoms with van der Waals surface area (Å²) in [5.41, 5.74) is 10.6. The average Bonchev–Trinajstić information content (AvgIpc) is 3.67. The van der Waals surface area contributed by atoms with Crippen LogP contribution >= 0.6 is 0 Å². The number of aryl methyl sites for hydroxylation is 1. The van der Waals surface area contributed by atoms with Gasteiger partial charge in [-0.15, -0.1) is 5.10 Å². The molecular weight excluding hydrogens is 647 g/mol. The Morgan fingerprint density at radius 1 is 0.941 bits per heavy atom. The number of amides is 3. The van der Waals surface area contributed by atoms with Gasteiger partial charge in [0, 0.05) is 29.6 Å². The van der Waals surface area contributed by atoms with Crippen LogP contribution in [0.15, 0.2) is 60.7 Å². The van der Waals surface area contributed by atoms with Crippen LogP contribution in [0.1, 0.15) is 79.8 Å². The number of hydrogen-bond acceptors (Lipinski definition) is 7. The van der Waals surface area contributed by atoms with Crippen molar-refractivity contribution in [2.24, 2.45) is 23.5 Å². The molecule has 2 aliphatic carbocycles. The van der Waals surface area contributed by atoms with Crippen LogP contribution in [0.5, 0.6) is 0 Å². The van der Waals surface area contributed by atoms with E-state index in [1.54, 1.807) is 6.07 Å². The Labute approximate surface area is 297 Å². The number of aromatic amines is 1. The highest BCUT2D eigenvalue weighted by molar-refractivity contribution is 5.98. The summed E-state index contributed by atoms with van der Waals surface area (Å²) in [6.07, 6.45) is 7.69. The van der Waals surface area contributed by atoms with Crippen LogP contribution in [0.2, 0.25) is 0 Å². The number of carbonyl (C=O) groups is 3. The molecule has 1 atom stereocenters. The van der Waals surface area contributed by atoms with E-state index in [4.69, 9.17) is 5.73 Å². The molecule has 2 saturated carbocycles. The third-order valence-electron chi connectivity index (χ3n) is 10.5. The largest absolute Gasteiger partial charge is 0.349 e. The van der Waals surface area contributed by atoms with E-state index in [0.717, 1.165) is 60.8 Å². The Morgan fingerprint density at radius 3 is 2.39 bits per heavy atom. The van der Waals surface area contributed by atoms with Gasteiger partial charge < -0.3 is 21.7 Å². The molecule has 4 aromatic rings. The Morgan fingerprint density at radius 2 is 1.71 bits per heavy atom. The van der Waals surface area contributed by atoms with Crippen molar-refractivity contribution < 1.29 is 18.8 Å². The van der Waals surface area contributed by atoms with E-state index in [2.05, 4.69) is 43.5 Å². The Balaban J connectivity index is 1.18. The van der Waals surface area contributed by atoms with Crippen molar-refractivity contribution in [1.82, 2.24) is 31.3 Å². The Bertz CT molecular complexity index is 1830. The zero-order valence-corrected chi connectivity index (χ0v) is 29.3. The maximum absolute atomic E-state index is 15.0. The summed E-state index contributed by atoms with van der Waals surface area (Å²) in [5, 5.41) is 22.3. The number of H-pyrrole nitrogens is 1. The zero-order valence-electron chi connectivity index (χ0n) is 29.3. The first-order chi connectivity index (χ1) is 24.7. The number of tetrazole rings is 1. The van der Waals surface area contributed by atoms with Gasteiger partial charge in [0.1, 0.15) is 11.9 Å². The highest BCUT2D eigenvalue weighted by Crippen LogP contribution is 2.30. The monoisotopic (exact) mass is 694 g/mol. The lowest BCUT2D eigenvalue weighted by Gasteiger charge is -2.28. The molecule has 0 unspecified atom stereocenters. The number of nitrogens with two attached hydrogens (primary N) is 1. The van der Waals surface area contributed by atoms with Gasteiger partial charge in [-0.05, 0) is 140 Å². The number of anilines is 1. The molecule has 0 radical (unpaired) electrons. The van der Waals surface area contributed by atoms with Gasteiger partial charge in [-0.2, -0.15) is 0 Å². The van der Waals surface area contributed by atoms with Gasteiger partial charge in [0.25, 0.3) is 5.91 Å². The summed E-state index contributed by atoms with van der Waals surface area (Å²) < 4.78 is 15.0. The molecule has 0 aliphatic heterocycles. The molecule has 1 heterocycles. The van der Waals surface area contributed by atoms with Gasteiger partial charge in [-0.1, -0.05) is 37.3 Å². The molecule has 6 N–H and O–H groups in total. The Hall–Kier alpha value is -4.97. The molecule has 2 aliphatic rings. The molecule has 0 spiro atoms. The minimum absolute atomic E-state index is 0.0523. The molecule has 11 nitrogen and oxygen atoms in total. The van der Waals surface area contributed by atoms with Crippen molar-refractivity contribution in [3.63, 3.8) is 0 Å². The van der Waals surface area contributed by atoms with Crippen molar-refractivity contribution in [2.45, 2.75) is 83.7 Å². The maximum atomic E-state index is 15.0. The zero-order chi connectivity index (χ0) is 35.9. The van der Waals surface area contributed by atoms with E-state index in [1.165, 1.54) is 12.1 Å². The minimum Gasteiger partial charge on any atom is -0.349 e. The first kappa shape index (κ1) is 35.8. The van der Waals surface area contributed by atoms with Crippen molar-refractivity contribution in [1.29, 1.82) is 0 Å². The summed E-state index contributed by atoms with van der Waals surface area (Å²) in [7, 11) is 0. The quantitative estimate of drug-likeness (QED) is 0.134. The van der Waals surface area contributed by atoms with Crippen molar-refractivity contribution in [2.75, 3.05) is 11.9 Å². The van der Waals surface area contributed by atoms with Crippen molar-refractivity contribution in [3.8, 4) is 22.5 Å². The predicted molar refractivity (Wildman–Crippen MR) is 194 cm³/mol. The molecule has 268 valence electrons. The summed E-state index contributed by atoms with van der Waals surface area (Å²) in [6, 6.07) is 17.1. The van der Waals surface area contributed by atoms with Gasteiger partial charge in [-0.3, -0.25) is 14.4 Å². The topological polar surface area (TPSA) is 168 Å². The number of hydrogen-bond donors (Lipinski definition) is 5. The summed E-state index contributed by atoms with van der Waals surface area (Å²) >= 11 is 0. The third-order valence-corrected chi connectivity index (χ3v) is 10.5. The predicted octanol–water partition coefficient (Wildman–Crippen LogP) is 5.72. The fraction of sp³-hybridized carbons (Fsp3) is 0.436. The van der Waals surface area contributed by atoms with E-state index in [-0.39, 0.29) is 47.3 Å². The van der Waals surface area contributed by atoms with Gasteiger partial charge in [0.2, 0.25) is 11.8 Å². The van der Waals surface area contributed by atoms with E-state index in [1.807, 2.05) is 49.4 Å². The lowest BCUT2D eigenvalue weighted by molar-refractivity contribution is -0.130. The number of benzene rings is 3. The van der Waals surface area contributed by atoms with Gasteiger partial charge in [0.05, 0.1) is 5.56 Å². The molecule has 3 aromatic carbocycles. The number of rotatable bonds is 11. The van der Waals surface area contributed by atoms with Crippen molar-refractivity contribution >= 4 is 23.4 Å². The second-order valence-electron chi connectivity index (χ2n) is 14.3. The normalized spacial score (nSPS) is 21.0. The average molecular weight is 695 g/mol. The first-order valence-corrected chi connectivity index (χ1v) is 18.0. The number of halogens is 1. The first-order valence-electron chi connectivity index (χ1n) is 18.0. The number of aromatic nitrogens is 4. The lowest BCUT2D eigenvalue weighted by Crippen LogP contribution is -2.48. The van der Waals surface area contributed by atoms with Crippen LogP contribution in [-0.2, 0) is 16.0 Å². The second kappa shape index (κ2) is 16.4. The van der Waals surface area contributed by atoms with Gasteiger partial charge >= 0.3 is 0 Å². The van der Waals surface area contributed by atoms with Crippen molar-refractivity contribution in [3.05, 3.63) is 83.2 Å². The molecular formula is C39H47FN8O3. The Kier molecular flexibility index (Phi) is 11.5. The van der Waals surface area contributed by atoms with Gasteiger partial charge in [-0.25, -0.2) is 9.49 Å². The molecule has 0 bridgehead atoms. The molecule has 3 amide bonds. The van der Waals surface area contributed by atoms with E-state index >= 15 is 0 Å². The SMILES string of the molecule is Cc1cc(C(=O)NC2CCC(C)CC2)ccc1-c1cccc(C[C@H](NC(=O)C2CCC(CN)CC2)C(=O)Nc2ccc(-c3nnn[nH]3)c(F)c2)c1. The molecule has 51 heavy (non-hydrogen) atoms. The van der Waals surface area contributed by atoms with E-state index < -0.39 is 17.8 Å². The minimum atomic E-state index is -0.920. The molecule has 2 fully saturated rings. The van der Waals surface area contributed by atoms with E-state index in [0.29, 0.717) is 36.8 Å². The fourth-order valence-electron chi connectivity index (χ4n) is 7.35. The molecule has 6 rings (SSSR count). The standard InChI is InChI=1S/C39H47FN8O3/c1-23-6-13-30(14-7-23)42-38(50)29-12-16-32(24(2)18-29)28-5-3-4-26(19-28)20-35(44-37(49)27-10-8-25(22-41)9-11-27)39(51)43-31-15-17-33(34(40)21-31)36-45-47-48-46-36/h3-5,12,15-19,21,23,25,27,30,35H,6-11,13-14,20,22,41H2,1-2H3,(H,42,50)(H,43,51)(H,44,49)(H,45,46,47,48)/t23?,25?,27?,30?,35-/m0/s1.